The Morgan fingerprint density at radius 3 is 2.28 bits per heavy atom. The smallest absolute Gasteiger partial charge is 0.303 e. The van der Waals surface area contributed by atoms with Crippen LogP contribution in [0.3, 0.4) is 0 Å². The molecule has 0 bridgehead atoms. The lowest BCUT2D eigenvalue weighted by Gasteiger charge is -2.11. The maximum atomic E-state index is 12.1. The van der Waals surface area contributed by atoms with Crippen LogP contribution in [0.1, 0.15) is 24.0 Å². The summed E-state index contributed by atoms with van der Waals surface area (Å²) in [7, 11) is 0. The van der Waals surface area contributed by atoms with E-state index in [0.29, 0.717) is 11.4 Å². The molecule has 6 nitrogen and oxygen atoms in total. The van der Waals surface area contributed by atoms with Gasteiger partial charge in [0.05, 0.1) is 12.8 Å². The van der Waals surface area contributed by atoms with Gasteiger partial charge < -0.3 is 15.7 Å². The van der Waals surface area contributed by atoms with E-state index in [1.54, 1.807) is 18.2 Å². The molecule has 0 saturated carbocycles. The Morgan fingerprint density at radius 2 is 1.64 bits per heavy atom. The topological polar surface area (TPSA) is 95.5 Å². The fourth-order valence-corrected chi connectivity index (χ4v) is 2.30. The zero-order chi connectivity index (χ0) is 18.2. The van der Waals surface area contributed by atoms with Crippen LogP contribution in [0.15, 0.2) is 48.5 Å². The van der Waals surface area contributed by atoms with E-state index in [1.807, 2.05) is 37.3 Å². The molecule has 0 fully saturated rings. The quantitative estimate of drug-likeness (QED) is 0.722. The van der Waals surface area contributed by atoms with Gasteiger partial charge in [0.2, 0.25) is 11.8 Å². The molecule has 2 amide bonds. The average Bonchev–Trinajstić information content (AvgIpc) is 2.56. The minimum absolute atomic E-state index is 0.0794. The summed E-state index contributed by atoms with van der Waals surface area (Å²) in [5.41, 5.74) is 2.97. The first-order chi connectivity index (χ1) is 11.9. The van der Waals surface area contributed by atoms with Gasteiger partial charge in [-0.2, -0.15) is 0 Å². The van der Waals surface area contributed by atoms with E-state index < -0.39 is 5.97 Å². The predicted octanol–water partition coefficient (Wildman–Crippen LogP) is 2.98. The number of aryl methyl sites for hydroxylation is 1. The highest BCUT2D eigenvalue weighted by atomic mass is 16.4. The first-order valence-electron chi connectivity index (χ1n) is 7.90. The SMILES string of the molecule is Cc1cc(NC(=O)CCC(=O)O)ccc1NC(=O)Cc1ccccc1. The summed E-state index contributed by atoms with van der Waals surface area (Å²) >= 11 is 0. The van der Waals surface area contributed by atoms with Crippen LogP contribution in [-0.4, -0.2) is 22.9 Å². The van der Waals surface area contributed by atoms with Crippen molar-refractivity contribution in [3.05, 3.63) is 59.7 Å². The lowest BCUT2D eigenvalue weighted by atomic mass is 10.1. The van der Waals surface area contributed by atoms with Crippen molar-refractivity contribution in [2.75, 3.05) is 10.6 Å². The minimum atomic E-state index is -1.01. The molecule has 130 valence electrons. The second-order valence-corrected chi connectivity index (χ2v) is 5.68. The van der Waals surface area contributed by atoms with Crippen molar-refractivity contribution >= 4 is 29.2 Å². The van der Waals surface area contributed by atoms with E-state index in [-0.39, 0.29) is 31.1 Å². The summed E-state index contributed by atoms with van der Waals surface area (Å²) < 4.78 is 0. The number of hydrogen-bond acceptors (Lipinski definition) is 3. The molecule has 3 N–H and O–H groups in total. The van der Waals surface area contributed by atoms with Gasteiger partial charge in [-0.3, -0.25) is 14.4 Å². The number of rotatable bonds is 7. The number of carboxylic acids is 1. The molecule has 0 atom stereocenters. The molecule has 0 radical (unpaired) electrons. The molecule has 0 aromatic heterocycles. The predicted molar refractivity (Wildman–Crippen MR) is 95.5 cm³/mol. The van der Waals surface area contributed by atoms with E-state index in [1.165, 1.54) is 0 Å². The lowest BCUT2D eigenvalue weighted by Crippen LogP contribution is -2.16. The first kappa shape index (κ1) is 18.2. The highest BCUT2D eigenvalue weighted by molar-refractivity contribution is 5.95. The van der Waals surface area contributed by atoms with E-state index >= 15 is 0 Å². The van der Waals surface area contributed by atoms with Crippen LogP contribution >= 0.6 is 0 Å². The highest BCUT2D eigenvalue weighted by Gasteiger charge is 2.09. The van der Waals surface area contributed by atoms with Crippen molar-refractivity contribution in [1.82, 2.24) is 0 Å². The Bertz CT molecular complexity index is 772. The largest absolute Gasteiger partial charge is 0.481 e. The molecule has 0 unspecified atom stereocenters. The second kappa shape index (κ2) is 8.63. The molecule has 6 heteroatoms. The number of anilines is 2. The number of carbonyl (C=O) groups is 3. The van der Waals surface area contributed by atoms with Gasteiger partial charge in [0, 0.05) is 17.8 Å². The number of benzene rings is 2. The number of nitrogens with one attached hydrogen (secondary N) is 2. The molecule has 0 aliphatic carbocycles. The summed E-state index contributed by atoms with van der Waals surface area (Å²) in [5, 5.41) is 14.1. The van der Waals surface area contributed by atoms with Crippen LogP contribution < -0.4 is 10.6 Å². The van der Waals surface area contributed by atoms with Gasteiger partial charge in [0.15, 0.2) is 0 Å². The lowest BCUT2D eigenvalue weighted by molar-refractivity contribution is -0.138. The standard InChI is InChI=1S/C19H20N2O4/c1-13-11-15(20-17(22)9-10-19(24)25)7-8-16(13)21-18(23)12-14-5-3-2-4-6-14/h2-8,11H,9-10,12H2,1H3,(H,20,22)(H,21,23)(H,24,25). The van der Waals surface area contributed by atoms with Gasteiger partial charge >= 0.3 is 5.97 Å². The van der Waals surface area contributed by atoms with E-state index in [2.05, 4.69) is 10.6 Å². The average molecular weight is 340 g/mol. The van der Waals surface area contributed by atoms with Crippen LogP contribution in [0.2, 0.25) is 0 Å². The Hall–Kier alpha value is -3.15. The third-order valence-corrected chi connectivity index (χ3v) is 3.56. The van der Waals surface area contributed by atoms with Crippen molar-refractivity contribution < 1.29 is 19.5 Å². The highest BCUT2D eigenvalue weighted by Crippen LogP contribution is 2.20. The summed E-state index contributed by atoms with van der Waals surface area (Å²) in [6, 6.07) is 14.6. The third kappa shape index (κ3) is 6.10. The maximum absolute atomic E-state index is 12.1. The van der Waals surface area contributed by atoms with Crippen LogP contribution in [0.4, 0.5) is 11.4 Å². The third-order valence-electron chi connectivity index (χ3n) is 3.56. The van der Waals surface area contributed by atoms with E-state index in [4.69, 9.17) is 5.11 Å². The van der Waals surface area contributed by atoms with Crippen molar-refractivity contribution in [2.45, 2.75) is 26.2 Å². The van der Waals surface area contributed by atoms with E-state index in [0.717, 1.165) is 11.1 Å². The van der Waals surface area contributed by atoms with Crippen molar-refractivity contribution in [3.8, 4) is 0 Å². The Balaban J connectivity index is 1.93. The molecule has 2 aromatic carbocycles. The molecular formula is C19H20N2O4. The Kier molecular flexibility index (Phi) is 6.28. The number of amides is 2. The van der Waals surface area contributed by atoms with Gasteiger partial charge in [-0.15, -0.1) is 0 Å². The molecule has 0 aliphatic rings. The van der Waals surface area contributed by atoms with Crippen molar-refractivity contribution in [3.63, 3.8) is 0 Å². The molecule has 25 heavy (non-hydrogen) atoms. The van der Waals surface area contributed by atoms with Crippen molar-refractivity contribution in [2.24, 2.45) is 0 Å². The molecule has 2 aromatic rings. The Labute approximate surface area is 145 Å². The maximum Gasteiger partial charge on any atom is 0.303 e. The normalized spacial score (nSPS) is 10.1. The van der Waals surface area contributed by atoms with Crippen LogP contribution in [0.5, 0.6) is 0 Å². The molecule has 0 aliphatic heterocycles. The fraction of sp³-hybridized carbons (Fsp3) is 0.211. The Morgan fingerprint density at radius 1 is 0.920 bits per heavy atom. The summed E-state index contributed by atoms with van der Waals surface area (Å²) in [6.45, 7) is 1.82. The van der Waals surface area contributed by atoms with Gasteiger partial charge in [-0.25, -0.2) is 0 Å². The zero-order valence-electron chi connectivity index (χ0n) is 13.9. The number of carbonyl (C=O) groups excluding carboxylic acids is 2. The molecular weight excluding hydrogens is 320 g/mol. The summed E-state index contributed by atoms with van der Waals surface area (Å²) in [4.78, 5) is 34.2. The monoisotopic (exact) mass is 340 g/mol. The van der Waals surface area contributed by atoms with Crippen LogP contribution in [0, 0.1) is 6.92 Å². The molecule has 2 rings (SSSR count). The second-order valence-electron chi connectivity index (χ2n) is 5.68. The van der Waals surface area contributed by atoms with Crippen molar-refractivity contribution in [1.29, 1.82) is 0 Å². The first-order valence-corrected chi connectivity index (χ1v) is 7.90. The number of aliphatic carboxylic acids is 1. The molecule has 0 heterocycles. The number of carboxylic acid groups (broad SMARTS) is 1. The van der Waals surface area contributed by atoms with Gasteiger partial charge in [0.1, 0.15) is 0 Å². The fourth-order valence-electron chi connectivity index (χ4n) is 2.30. The van der Waals surface area contributed by atoms with Gasteiger partial charge in [0.25, 0.3) is 0 Å². The van der Waals surface area contributed by atoms with Gasteiger partial charge in [-0.1, -0.05) is 30.3 Å². The summed E-state index contributed by atoms with van der Waals surface area (Å²) in [6.07, 6.45) is -0.00363. The van der Waals surface area contributed by atoms with Crippen LogP contribution in [0.25, 0.3) is 0 Å². The van der Waals surface area contributed by atoms with Crippen LogP contribution in [-0.2, 0) is 20.8 Å². The minimum Gasteiger partial charge on any atom is -0.481 e. The van der Waals surface area contributed by atoms with E-state index in [9.17, 15) is 14.4 Å². The van der Waals surface area contributed by atoms with Gasteiger partial charge in [-0.05, 0) is 36.2 Å². The molecule has 0 saturated heterocycles. The zero-order valence-corrected chi connectivity index (χ0v) is 13.9. The number of hydrogen-bond donors (Lipinski definition) is 3. The summed E-state index contributed by atoms with van der Waals surface area (Å²) in [5.74, 6) is -1.49. The molecule has 0 spiro atoms.